The van der Waals surface area contributed by atoms with Gasteiger partial charge >= 0.3 is 6.18 Å². The molecular formula is C19H20F3N3O. The number of hydrogen-bond donors (Lipinski definition) is 1. The van der Waals surface area contributed by atoms with Crippen molar-refractivity contribution >= 4 is 11.7 Å². The van der Waals surface area contributed by atoms with Gasteiger partial charge in [0.15, 0.2) is 0 Å². The maximum absolute atomic E-state index is 12.8. The maximum Gasteiger partial charge on any atom is 0.416 e. The first kappa shape index (κ1) is 17.1. The number of halogens is 3. The number of fused-ring (bicyclic) bond motifs is 1. The number of carbonyl (C=O) groups is 1. The molecule has 2 aromatic rings. The van der Waals surface area contributed by atoms with Crippen LogP contribution >= 0.6 is 0 Å². The first-order valence-electron chi connectivity index (χ1n) is 8.90. The molecule has 0 bridgehead atoms. The molecule has 1 fully saturated rings. The predicted octanol–water partition coefficient (Wildman–Crippen LogP) is 4.80. The van der Waals surface area contributed by atoms with Crippen molar-refractivity contribution in [1.29, 1.82) is 0 Å². The van der Waals surface area contributed by atoms with Crippen LogP contribution in [0.4, 0.5) is 19.0 Å². The zero-order chi connectivity index (χ0) is 18.5. The number of amides is 1. The standard InChI is InChI=1S/C19H20F3N3O/c1-11-17-15(12-6-8-13(9-7-12)19(20,21)22)10-16(26)23-18(17)25(24-11)14-4-2-3-5-14/h6-9,14-15H,2-5,10H2,1H3,(H,23,26). The van der Waals surface area contributed by atoms with Crippen molar-refractivity contribution in [3.8, 4) is 0 Å². The van der Waals surface area contributed by atoms with E-state index in [2.05, 4.69) is 10.4 Å². The highest BCUT2D eigenvalue weighted by molar-refractivity contribution is 5.94. The van der Waals surface area contributed by atoms with Gasteiger partial charge in [0.2, 0.25) is 5.91 Å². The molecule has 0 spiro atoms. The van der Waals surface area contributed by atoms with Gasteiger partial charge in [0.05, 0.1) is 17.3 Å². The number of anilines is 1. The summed E-state index contributed by atoms with van der Waals surface area (Å²) >= 11 is 0. The average molecular weight is 363 g/mol. The Morgan fingerprint density at radius 3 is 2.42 bits per heavy atom. The molecule has 2 aliphatic rings. The van der Waals surface area contributed by atoms with E-state index in [0.717, 1.165) is 54.9 Å². The fourth-order valence-corrected chi connectivity index (χ4v) is 4.17. The topological polar surface area (TPSA) is 46.9 Å². The SMILES string of the molecule is Cc1nn(C2CCCC2)c2c1C(c1ccc(C(F)(F)F)cc1)CC(=O)N2. The Morgan fingerprint density at radius 2 is 1.81 bits per heavy atom. The number of nitrogens with one attached hydrogen (secondary N) is 1. The summed E-state index contributed by atoms with van der Waals surface area (Å²) in [5.74, 6) is 0.327. The molecule has 4 rings (SSSR count). The van der Waals surface area contributed by atoms with Crippen LogP contribution in [0.15, 0.2) is 24.3 Å². The molecule has 1 N–H and O–H groups in total. The second kappa shape index (κ2) is 6.14. The van der Waals surface area contributed by atoms with Gasteiger partial charge in [0.25, 0.3) is 0 Å². The van der Waals surface area contributed by atoms with Gasteiger partial charge in [-0.25, -0.2) is 4.68 Å². The zero-order valence-corrected chi connectivity index (χ0v) is 14.4. The lowest BCUT2D eigenvalue weighted by atomic mass is 9.85. The lowest BCUT2D eigenvalue weighted by Crippen LogP contribution is -2.26. The molecular weight excluding hydrogens is 343 g/mol. The maximum atomic E-state index is 12.8. The van der Waals surface area contributed by atoms with Gasteiger partial charge in [-0.05, 0) is 37.5 Å². The molecule has 1 aliphatic carbocycles. The highest BCUT2D eigenvalue weighted by Gasteiger charge is 2.35. The van der Waals surface area contributed by atoms with Crippen LogP contribution in [-0.2, 0) is 11.0 Å². The summed E-state index contributed by atoms with van der Waals surface area (Å²) < 4.78 is 40.4. The number of aromatic nitrogens is 2. The van der Waals surface area contributed by atoms with Gasteiger partial charge in [-0.3, -0.25) is 4.79 Å². The number of alkyl halides is 3. The Balaban J connectivity index is 1.74. The van der Waals surface area contributed by atoms with Gasteiger partial charge in [-0.2, -0.15) is 18.3 Å². The number of nitrogens with zero attached hydrogens (tertiary/aromatic N) is 2. The molecule has 4 nitrogen and oxygen atoms in total. The Hall–Kier alpha value is -2.31. The molecule has 7 heteroatoms. The second-order valence-corrected chi connectivity index (χ2v) is 7.16. The minimum Gasteiger partial charge on any atom is -0.311 e. The van der Waals surface area contributed by atoms with Crippen molar-refractivity contribution in [2.75, 3.05) is 5.32 Å². The van der Waals surface area contributed by atoms with E-state index >= 15 is 0 Å². The van der Waals surface area contributed by atoms with E-state index in [4.69, 9.17) is 0 Å². The number of rotatable bonds is 2. The van der Waals surface area contributed by atoms with Crippen LogP contribution < -0.4 is 5.32 Å². The van der Waals surface area contributed by atoms with Crippen LogP contribution in [0.3, 0.4) is 0 Å². The van der Waals surface area contributed by atoms with E-state index in [0.29, 0.717) is 5.56 Å². The molecule has 1 atom stereocenters. The Morgan fingerprint density at radius 1 is 1.15 bits per heavy atom. The van der Waals surface area contributed by atoms with Crippen LogP contribution in [0.1, 0.15) is 66.4 Å². The highest BCUT2D eigenvalue weighted by atomic mass is 19.4. The fourth-order valence-electron chi connectivity index (χ4n) is 4.17. The molecule has 1 amide bonds. The fraction of sp³-hybridized carbons (Fsp3) is 0.474. The lowest BCUT2D eigenvalue weighted by molar-refractivity contribution is -0.137. The molecule has 1 aromatic heterocycles. The van der Waals surface area contributed by atoms with Crippen molar-refractivity contribution in [3.63, 3.8) is 0 Å². The normalized spacial score (nSPS) is 20.9. The highest BCUT2D eigenvalue weighted by Crippen LogP contribution is 2.43. The van der Waals surface area contributed by atoms with Crippen LogP contribution in [0, 0.1) is 6.92 Å². The van der Waals surface area contributed by atoms with Gasteiger partial charge in [-0.15, -0.1) is 0 Å². The summed E-state index contributed by atoms with van der Waals surface area (Å²) in [5, 5.41) is 7.61. The van der Waals surface area contributed by atoms with Crippen molar-refractivity contribution in [3.05, 3.63) is 46.6 Å². The summed E-state index contributed by atoms with van der Waals surface area (Å²) in [5.41, 5.74) is 1.79. The first-order chi connectivity index (χ1) is 12.3. The third kappa shape index (κ3) is 2.89. The molecule has 1 aromatic carbocycles. The Kier molecular flexibility index (Phi) is 4.04. The molecule has 0 saturated heterocycles. The van der Waals surface area contributed by atoms with Crippen LogP contribution in [0.2, 0.25) is 0 Å². The number of carbonyl (C=O) groups excluding carboxylic acids is 1. The summed E-state index contributed by atoms with van der Waals surface area (Å²) in [7, 11) is 0. The third-order valence-corrected chi connectivity index (χ3v) is 5.44. The van der Waals surface area contributed by atoms with E-state index in [1.165, 1.54) is 12.1 Å². The molecule has 0 radical (unpaired) electrons. The second-order valence-electron chi connectivity index (χ2n) is 7.16. The molecule has 138 valence electrons. The van der Waals surface area contributed by atoms with Crippen LogP contribution in [-0.4, -0.2) is 15.7 Å². The summed E-state index contributed by atoms with van der Waals surface area (Å²) in [6, 6.07) is 5.39. The number of hydrogen-bond acceptors (Lipinski definition) is 2. The Bertz CT molecular complexity index is 833. The quantitative estimate of drug-likeness (QED) is 0.833. The zero-order valence-electron chi connectivity index (χ0n) is 14.4. The molecule has 1 aliphatic heterocycles. The van der Waals surface area contributed by atoms with E-state index in [9.17, 15) is 18.0 Å². The molecule has 1 saturated carbocycles. The summed E-state index contributed by atoms with van der Waals surface area (Å²) in [4.78, 5) is 12.3. The minimum absolute atomic E-state index is 0.124. The lowest BCUT2D eigenvalue weighted by Gasteiger charge is -2.25. The average Bonchev–Trinajstić information content (AvgIpc) is 3.22. The largest absolute Gasteiger partial charge is 0.416 e. The van der Waals surface area contributed by atoms with Crippen molar-refractivity contribution in [2.45, 2.75) is 57.2 Å². The predicted molar refractivity (Wildman–Crippen MR) is 91.0 cm³/mol. The van der Waals surface area contributed by atoms with Gasteiger partial charge in [0.1, 0.15) is 5.82 Å². The molecule has 26 heavy (non-hydrogen) atoms. The van der Waals surface area contributed by atoms with Gasteiger partial charge in [0, 0.05) is 17.9 Å². The monoisotopic (exact) mass is 363 g/mol. The van der Waals surface area contributed by atoms with Crippen molar-refractivity contribution in [2.24, 2.45) is 0 Å². The first-order valence-corrected chi connectivity index (χ1v) is 8.90. The summed E-state index contributed by atoms with van der Waals surface area (Å²) in [6.07, 6.45) is 0.221. The summed E-state index contributed by atoms with van der Waals surface area (Å²) in [6.45, 7) is 1.90. The number of aryl methyl sites for hydroxylation is 1. The van der Waals surface area contributed by atoms with E-state index in [1.54, 1.807) is 0 Å². The van der Waals surface area contributed by atoms with Gasteiger partial charge in [-0.1, -0.05) is 25.0 Å². The van der Waals surface area contributed by atoms with Crippen LogP contribution in [0.5, 0.6) is 0 Å². The van der Waals surface area contributed by atoms with Gasteiger partial charge < -0.3 is 5.32 Å². The molecule has 1 unspecified atom stereocenters. The van der Waals surface area contributed by atoms with E-state index in [1.807, 2.05) is 11.6 Å². The van der Waals surface area contributed by atoms with Crippen molar-refractivity contribution < 1.29 is 18.0 Å². The third-order valence-electron chi connectivity index (χ3n) is 5.44. The van der Waals surface area contributed by atoms with E-state index in [-0.39, 0.29) is 24.3 Å². The smallest absolute Gasteiger partial charge is 0.311 e. The minimum atomic E-state index is -4.36. The number of benzene rings is 1. The van der Waals surface area contributed by atoms with Crippen LogP contribution in [0.25, 0.3) is 0 Å². The van der Waals surface area contributed by atoms with E-state index < -0.39 is 11.7 Å². The molecule has 2 heterocycles. The Labute approximate surface area is 149 Å². The van der Waals surface area contributed by atoms with Crippen molar-refractivity contribution in [1.82, 2.24) is 9.78 Å².